The normalized spacial score (nSPS) is 57.1. The third-order valence-electron chi connectivity index (χ3n) is 5.21. The standard InChI is InChI=1S/C12H18O3/c1-2-11(14)4-3-9-8-5-15-6-10(8)12(9,11)7-13/h2,8-10,13-14H,1,3-7H2/t8-,9-,10-,11-,12-/m0/s1. The summed E-state index contributed by atoms with van der Waals surface area (Å²) in [6.45, 7) is 5.30. The number of ether oxygens (including phenoxy) is 1. The van der Waals surface area contributed by atoms with Crippen molar-refractivity contribution in [1.82, 2.24) is 0 Å². The molecular weight excluding hydrogens is 192 g/mol. The van der Waals surface area contributed by atoms with Crippen molar-refractivity contribution in [2.24, 2.45) is 23.2 Å². The zero-order valence-electron chi connectivity index (χ0n) is 8.85. The number of hydrogen-bond donors (Lipinski definition) is 2. The molecule has 0 spiro atoms. The third kappa shape index (κ3) is 0.846. The molecule has 1 saturated heterocycles. The quantitative estimate of drug-likeness (QED) is 0.655. The minimum absolute atomic E-state index is 0.0602. The number of rotatable bonds is 2. The molecule has 5 atom stereocenters. The second-order valence-corrected chi connectivity index (χ2v) is 5.28. The number of aliphatic hydroxyl groups is 2. The van der Waals surface area contributed by atoms with Crippen LogP contribution in [0.5, 0.6) is 0 Å². The molecule has 0 unspecified atom stereocenters. The molecule has 15 heavy (non-hydrogen) atoms. The average Bonchev–Trinajstić information content (AvgIpc) is 2.73. The first-order chi connectivity index (χ1) is 7.19. The topological polar surface area (TPSA) is 49.7 Å². The van der Waals surface area contributed by atoms with Crippen LogP contribution in [0.1, 0.15) is 12.8 Å². The highest BCUT2D eigenvalue weighted by atomic mass is 16.5. The lowest BCUT2D eigenvalue weighted by atomic mass is 9.46. The smallest absolute Gasteiger partial charge is 0.0909 e. The van der Waals surface area contributed by atoms with Crippen molar-refractivity contribution in [1.29, 1.82) is 0 Å². The minimum atomic E-state index is -0.874. The Morgan fingerprint density at radius 3 is 2.87 bits per heavy atom. The van der Waals surface area contributed by atoms with Gasteiger partial charge in [-0.2, -0.15) is 0 Å². The van der Waals surface area contributed by atoms with Gasteiger partial charge in [-0.05, 0) is 30.6 Å². The van der Waals surface area contributed by atoms with E-state index in [1.807, 2.05) is 0 Å². The molecule has 0 bridgehead atoms. The molecule has 0 aromatic carbocycles. The van der Waals surface area contributed by atoms with Gasteiger partial charge in [-0.15, -0.1) is 6.58 Å². The van der Waals surface area contributed by atoms with Crippen LogP contribution >= 0.6 is 0 Å². The van der Waals surface area contributed by atoms with Crippen LogP contribution in [0.25, 0.3) is 0 Å². The molecular formula is C12H18O3. The molecule has 2 saturated carbocycles. The summed E-state index contributed by atoms with van der Waals surface area (Å²) in [5.41, 5.74) is -1.23. The van der Waals surface area contributed by atoms with Crippen molar-refractivity contribution in [3.05, 3.63) is 12.7 Å². The summed E-state index contributed by atoms with van der Waals surface area (Å²) in [6, 6.07) is 0. The summed E-state index contributed by atoms with van der Waals surface area (Å²) in [5.74, 6) is 1.32. The first kappa shape index (κ1) is 9.82. The molecule has 0 aromatic rings. The van der Waals surface area contributed by atoms with E-state index >= 15 is 0 Å². The summed E-state index contributed by atoms with van der Waals surface area (Å²) in [6.07, 6.45) is 3.38. The fraction of sp³-hybridized carbons (Fsp3) is 0.833. The largest absolute Gasteiger partial charge is 0.396 e. The van der Waals surface area contributed by atoms with Crippen LogP contribution < -0.4 is 0 Å². The highest BCUT2D eigenvalue weighted by Gasteiger charge is 2.73. The maximum atomic E-state index is 10.6. The van der Waals surface area contributed by atoms with Gasteiger partial charge in [0, 0.05) is 5.41 Å². The number of fused-ring (bicyclic) bond motifs is 4. The Morgan fingerprint density at radius 1 is 1.40 bits per heavy atom. The molecule has 0 amide bonds. The van der Waals surface area contributed by atoms with Crippen LogP contribution in [0, 0.1) is 23.2 Å². The van der Waals surface area contributed by atoms with E-state index in [1.165, 1.54) is 0 Å². The molecule has 3 nitrogen and oxygen atoms in total. The van der Waals surface area contributed by atoms with Crippen LogP contribution in [-0.4, -0.2) is 35.6 Å². The lowest BCUT2D eigenvalue weighted by Crippen LogP contribution is -2.64. The van der Waals surface area contributed by atoms with Gasteiger partial charge in [-0.1, -0.05) is 6.08 Å². The molecule has 3 fully saturated rings. The van der Waals surface area contributed by atoms with E-state index in [1.54, 1.807) is 6.08 Å². The Labute approximate surface area is 89.7 Å². The summed E-state index contributed by atoms with van der Waals surface area (Å²) < 4.78 is 5.48. The number of aliphatic hydroxyl groups excluding tert-OH is 1. The molecule has 1 aliphatic heterocycles. The van der Waals surface area contributed by atoms with Crippen molar-refractivity contribution < 1.29 is 14.9 Å². The Bertz CT molecular complexity index is 295. The predicted molar refractivity (Wildman–Crippen MR) is 55.2 cm³/mol. The lowest BCUT2D eigenvalue weighted by Gasteiger charge is -2.59. The summed E-state index contributed by atoms with van der Waals surface area (Å²) in [7, 11) is 0. The van der Waals surface area contributed by atoms with Gasteiger partial charge in [-0.25, -0.2) is 0 Å². The van der Waals surface area contributed by atoms with Crippen molar-refractivity contribution in [3.8, 4) is 0 Å². The van der Waals surface area contributed by atoms with E-state index in [-0.39, 0.29) is 12.0 Å². The molecule has 3 rings (SSSR count). The van der Waals surface area contributed by atoms with Crippen LogP contribution in [0.4, 0.5) is 0 Å². The van der Waals surface area contributed by atoms with Crippen molar-refractivity contribution in [3.63, 3.8) is 0 Å². The number of hydrogen-bond acceptors (Lipinski definition) is 3. The van der Waals surface area contributed by atoms with Crippen LogP contribution in [0.15, 0.2) is 12.7 Å². The zero-order chi connectivity index (χ0) is 10.7. The Hall–Kier alpha value is -0.380. The second kappa shape index (κ2) is 2.84. The van der Waals surface area contributed by atoms with Gasteiger partial charge in [0.1, 0.15) is 0 Å². The Kier molecular flexibility index (Phi) is 1.86. The molecule has 2 N–H and O–H groups in total. The predicted octanol–water partition coefficient (Wildman–Crippen LogP) is 0.568. The second-order valence-electron chi connectivity index (χ2n) is 5.28. The fourth-order valence-electron chi connectivity index (χ4n) is 4.42. The summed E-state index contributed by atoms with van der Waals surface area (Å²) >= 11 is 0. The van der Waals surface area contributed by atoms with E-state index in [0.29, 0.717) is 24.4 Å². The molecule has 0 radical (unpaired) electrons. The van der Waals surface area contributed by atoms with E-state index < -0.39 is 5.60 Å². The van der Waals surface area contributed by atoms with Gasteiger partial charge in [-0.3, -0.25) is 0 Å². The Balaban J connectivity index is 2.02. The van der Waals surface area contributed by atoms with E-state index in [9.17, 15) is 10.2 Å². The summed E-state index contributed by atoms with van der Waals surface area (Å²) in [4.78, 5) is 0. The third-order valence-corrected chi connectivity index (χ3v) is 5.21. The highest BCUT2D eigenvalue weighted by Crippen LogP contribution is 2.70. The molecule has 1 heterocycles. The van der Waals surface area contributed by atoms with E-state index in [4.69, 9.17) is 4.74 Å². The van der Waals surface area contributed by atoms with Crippen molar-refractivity contribution in [2.75, 3.05) is 19.8 Å². The molecule has 3 aliphatic rings. The first-order valence-corrected chi connectivity index (χ1v) is 5.74. The van der Waals surface area contributed by atoms with Gasteiger partial charge < -0.3 is 14.9 Å². The maximum absolute atomic E-state index is 10.6. The van der Waals surface area contributed by atoms with Crippen molar-refractivity contribution in [2.45, 2.75) is 18.4 Å². The van der Waals surface area contributed by atoms with Crippen molar-refractivity contribution >= 4 is 0 Å². The van der Waals surface area contributed by atoms with E-state index in [2.05, 4.69) is 6.58 Å². The summed E-state index contributed by atoms with van der Waals surface area (Å²) in [5, 5.41) is 20.3. The fourth-order valence-corrected chi connectivity index (χ4v) is 4.42. The molecule has 2 aliphatic carbocycles. The van der Waals surface area contributed by atoms with Gasteiger partial charge in [0.05, 0.1) is 25.4 Å². The average molecular weight is 210 g/mol. The highest BCUT2D eigenvalue weighted by molar-refractivity contribution is 5.26. The SMILES string of the molecule is C=C[C@]1(O)CC[C@H]2[C@@H]3COC[C@@H]3[C@]21CO. The van der Waals surface area contributed by atoms with Gasteiger partial charge >= 0.3 is 0 Å². The van der Waals surface area contributed by atoms with Gasteiger partial charge in [0.15, 0.2) is 0 Å². The Morgan fingerprint density at radius 2 is 2.20 bits per heavy atom. The monoisotopic (exact) mass is 210 g/mol. The zero-order valence-corrected chi connectivity index (χ0v) is 8.85. The van der Waals surface area contributed by atoms with Gasteiger partial charge in [0.2, 0.25) is 0 Å². The van der Waals surface area contributed by atoms with Gasteiger partial charge in [0.25, 0.3) is 0 Å². The molecule has 0 aromatic heterocycles. The minimum Gasteiger partial charge on any atom is -0.396 e. The first-order valence-electron chi connectivity index (χ1n) is 5.74. The van der Waals surface area contributed by atoms with Crippen LogP contribution in [0.2, 0.25) is 0 Å². The van der Waals surface area contributed by atoms with Crippen LogP contribution in [0.3, 0.4) is 0 Å². The lowest BCUT2D eigenvalue weighted by molar-refractivity contribution is -0.189. The maximum Gasteiger partial charge on any atom is 0.0909 e. The van der Waals surface area contributed by atoms with Crippen LogP contribution in [-0.2, 0) is 4.74 Å². The molecule has 84 valence electrons. The molecule has 3 heteroatoms. The van der Waals surface area contributed by atoms with E-state index in [0.717, 1.165) is 19.4 Å².